The van der Waals surface area contributed by atoms with Crippen LogP contribution in [-0.2, 0) is 6.54 Å². The van der Waals surface area contributed by atoms with Gasteiger partial charge in [0.1, 0.15) is 4.47 Å². The first-order valence-corrected chi connectivity index (χ1v) is 5.68. The molecule has 5 heteroatoms. The minimum Gasteiger partial charge on any atom is -0.266 e. The summed E-state index contributed by atoms with van der Waals surface area (Å²) >= 11 is 6.46. The van der Waals surface area contributed by atoms with E-state index in [1.807, 2.05) is 0 Å². The van der Waals surface area contributed by atoms with Gasteiger partial charge in [0.05, 0.1) is 10.7 Å². The first kappa shape index (κ1) is 9.40. The van der Waals surface area contributed by atoms with Crippen molar-refractivity contribution in [3.8, 4) is 0 Å². The van der Waals surface area contributed by atoms with Crippen LogP contribution in [0.25, 0.3) is 0 Å². The molecule has 1 heterocycles. The Labute approximate surface area is 92.4 Å². The Morgan fingerprint density at radius 1 is 1.54 bits per heavy atom. The van der Waals surface area contributed by atoms with Gasteiger partial charge >= 0.3 is 0 Å². The number of nitrogens with zero attached hydrogens (tertiary/aromatic N) is 2. The number of aromatic nitrogens is 2. The zero-order chi connectivity index (χ0) is 9.42. The summed E-state index contributed by atoms with van der Waals surface area (Å²) < 4.78 is 2.79. The minimum absolute atomic E-state index is 0.0544. The highest BCUT2D eigenvalue weighted by atomic mass is 79.9. The second kappa shape index (κ2) is 3.53. The molecule has 0 aromatic carbocycles. The molecular formula is C8H8Br2N2O. The van der Waals surface area contributed by atoms with Gasteiger partial charge in [-0.05, 0) is 50.6 Å². The van der Waals surface area contributed by atoms with Gasteiger partial charge < -0.3 is 0 Å². The summed E-state index contributed by atoms with van der Waals surface area (Å²) in [5.74, 6) is 0.665. The van der Waals surface area contributed by atoms with E-state index in [1.54, 1.807) is 6.20 Å². The summed E-state index contributed by atoms with van der Waals surface area (Å²) in [6, 6.07) is 0. The van der Waals surface area contributed by atoms with Gasteiger partial charge in [-0.2, -0.15) is 5.10 Å². The summed E-state index contributed by atoms with van der Waals surface area (Å²) in [6.45, 7) is 0.755. The number of hydrogen-bond acceptors (Lipinski definition) is 2. The highest BCUT2D eigenvalue weighted by Crippen LogP contribution is 2.30. The standard InChI is InChI=1S/C8H8Br2N2O/c9-6-3-11-12(4-5-1-2-5)8(13)7(6)10/h3,5H,1-2,4H2. The van der Waals surface area contributed by atoms with Crippen molar-refractivity contribution in [2.24, 2.45) is 5.92 Å². The van der Waals surface area contributed by atoms with Crippen molar-refractivity contribution in [2.75, 3.05) is 0 Å². The lowest BCUT2D eigenvalue weighted by Gasteiger charge is -2.03. The smallest absolute Gasteiger partial charge is 0.266 e. The Balaban J connectivity index is 2.35. The number of hydrogen-bond donors (Lipinski definition) is 0. The van der Waals surface area contributed by atoms with Crippen LogP contribution in [0.4, 0.5) is 0 Å². The van der Waals surface area contributed by atoms with Crippen LogP contribution in [0.1, 0.15) is 12.8 Å². The Kier molecular flexibility index (Phi) is 2.55. The summed E-state index contributed by atoms with van der Waals surface area (Å²) in [6.07, 6.45) is 4.09. The molecule has 1 aromatic rings. The molecule has 13 heavy (non-hydrogen) atoms. The topological polar surface area (TPSA) is 34.9 Å². The van der Waals surface area contributed by atoms with E-state index in [1.165, 1.54) is 17.5 Å². The highest BCUT2D eigenvalue weighted by Gasteiger charge is 2.23. The zero-order valence-corrected chi connectivity index (χ0v) is 10.0. The van der Waals surface area contributed by atoms with Crippen molar-refractivity contribution >= 4 is 31.9 Å². The van der Waals surface area contributed by atoms with Crippen molar-refractivity contribution < 1.29 is 0 Å². The molecule has 1 aliphatic rings. The molecule has 0 N–H and O–H groups in total. The summed E-state index contributed by atoms with van der Waals surface area (Å²) in [4.78, 5) is 11.6. The van der Waals surface area contributed by atoms with E-state index in [9.17, 15) is 4.79 Å². The van der Waals surface area contributed by atoms with Crippen LogP contribution in [0.3, 0.4) is 0 Å². The Morgan fingerprint density at radius 3 is 2.85 bits per heavy atom. The molecule has 70 valence electrons. The van der Waals surface area contributed by atoms with Crippen LogP contribution in [0.2, 0.25) is 0 Å². The van der Waals surface area contributed by atoms with E-state index in [4.69, 9.17) is 0 Å². The monoisotopic (exact) mass is 306 g/mol. The number of halogens is 2. The molecule has 0 bridgehead atoms. The van der Waals surface area contributed by atoms with Gasteiger partial charge in [-0.1, -0.05) is 0 Å². The predicted octanol–water partition coefficient (Wildman–Crippen LogP) is 2.18. The molecule has 3 nitrogen and oxygen atoms in total. The van der Waals surface area contributed by atoms with Crippen LogP contribution >= 0.6 is 31.9 Å². The quantitative estimate of drug-likeness (QED) is 0.839. The molecule has 1 fully saturated rings. The molecule has 1 aliphatic carbocycles. The van der Waals surface area contributed by atoms with E-state index in [-0.39, 0.29) is 5.56 Å². The molecule has 2 rings (SSSR count). The lowest BCUT2D eigenvalue weighted by molar-refractivity contribution is 0.530. The molecule has 0 saturated heterocycles. The Bertz CT molecular complexity index is 384. The second-order valence-corrected chi connectivity index (χ2v) is 4.88. The fourth-order valence-electron chi connectivity index (χ4n) is 1.12. The van der Waals surface area contributed by atoms with Gasteiger partial charge in [0.25, 0.3) is 5.56 Å². The summed E-state index contributed by atoms with van der Waals surface area (Å²) in [7, 11) is 0. The average Bonchev–Trinajstić information content (AvgIpc) is 2.90. The fourth-order valence-corrected chi connectivity index (χ4v) is 1.69. The molecular weight excluding hydrogens is 300 g/mol. The van der Waals surface area contributed by atoms with Crippen molar-refractivity contribution in [3.05, 3.63) is 25.5 Å². The molecule has 0 amide bonds. The number of rotatable bonds is 2. The van der Waals surface area contributed by atoms with Gasteiger partial charge in [0.15, 0.2) is 0 Å². The average molecular weight is 308 g/mol. The van der Waals surface area contributed by atoms with E-state index >= 15 is 0 Å². The maximum atomic E-state index is 11.6. The van der Waals surface area contributed by atoms with Crippen LogP contribution < -0.4 is 5.56 Å². The van der Waals surface area contributed by atoms with Gasteiger partial charge in [-0.3, -0.25) is 4.79 Å². The molecule has 0 radical (unpaired) electrons. The second-order valence-electron chi connectivity index (χ2n) is 3.24. The fraction of sp³-hybridized carbons (Fsp3) is 0.500. The molecule has 0 unspecified atom stereocenters. The lowest BCUT2D eigenvalue weighted by atomic mass is 10.4. The van der Waals surface area contributed by atoms with Crippen molar-refractivity contribution in [2.45, 2.75) is 19.4 Å². The lowest BCUT2D eigenvalue weighted by Crippen LogP contribution is -2.24. The molecule has 0 aliphatic heterocycles. The van der Waals surface area contributed by atoms with Crippen LogP contribution in [0, 0.1) is 5.92 Å². The summed E-state index contributed by atoms with van der Waals surface area (Å²) in [5, 5.41) is 4.05. The van der Waals surface area contributed by atoms with Crippen molar-refractivity contribution in [3.63, 3.8) is 0 Å². The van der Waals surface area contributed by atoms with E-state index in [2.05, 4.69) is 37.0 Å². The van der Waals surface area contributed by atoms with Gasteiger partial charge in [0.2, 0.25) is 0 Å². The van der Waals surface area contributed by atoms with Gasteiger partial charge in [-0.25, -0.2) is 4.68 Å². The van der Waals surface area contributed by atoms with Crippen molar-refractivity contribution in [1.29, 1.82) is 0 Å². The Morgan fingerprint density at radius 2 is 2.23 bits per heavy atom. The first-order valence-electron chi connectivity index (χ1n) is 4.09. The van der Waals surface area contributed by atoms with Crippen LogP contribution in [0.5, 0.6) is 0 Å². The first-order chi connectivity index (χ1) is 6.18. The third-order valence-corrected chi connectivity index (χ3v) is 3.97. The van der Waals surface area contributed by atoms with E-state index in [0.29, 0.717) is 14.9 Å². The van der Waals surface area contributed by atoms with Gasteiger partial charge in [0, 0.05) is 6.54 Å². The normalized spacial score (nSPS) is 16.2. The highest BCUT2D eigenvalue weighted by molar-refractivity contribution is 9.13. The van der Waals surface area contributed by atoms with Crippen molar-refractivity contribution in [1.82, 2.24) is 9.78 Å². The largest absolute Gasteiger partial charge is 0.282 e. The van der Waals surface area contributed by atoms with Gasteiger partial charge in [-0.15, -0.1) is 0 Å². The summed E-state index contributed by atoms with van der Waals surface area (Å²) in [5.41, 5.74) is -0.0544. The Hall–Kier alpha value is -0.160. The van der Waals surface area contributed by atoms with Crippen LogP contribution in [0.15, 0.2) is 19.9 Å². The maximum Gasteiger partial charge on any atom is 0.282 e. The predicted molar refractivity (Wildman–Crippen MR) is 56.6 cm³/mol. The third kappa shape index (κ3) is 2.02. The van der Waals surface area contributed by atoms with Crippen LogP contribution in [-0.4, -0.2) is 9.78 Å². The maximum absolute atomic E-state index is 11.6. The minimum atomic E-state index is -0.0544. The molecule has 0 spiro atoms. The zero-order valence-electron chi connectivity index (χ0n) is 6.83. The van der Waals surface area contributed by atoms with E-state index in [0.717, 1.165) is 6.54 Å². The molecule has 0 atom stereocenters. The third-order valence-electron chi connectivity index (χ3n) is 2.07. The molecule has 1 aromatic heterocycles. The SMILES string of the molecule is O=c1c(Br)c(Br)cnn1CC1CC1. The van der Waals surface area contributed by atoms with E-state index < -0.39 is 0 Å². The molecule has 1 saturated carbocycles.